The van der Waals surface area contributed by atoms with Gasteiger partial charge >= 0.3 is 0 Å². The lowest BCUT2D eigenvalue weighted by molar-refractivity contribution is 0.0595. The van der Waals surface area contributed by atoms with Gasteiger partial charge in [-0.25, -0.2) is 9.67 Å². The van der Waals surface area contributed by atoms with Gasteiger partial charge in [0.2, 0.25) is 0 Å². The monoisotopic (exact) mass is 365 g/mol. The number of piperidine rings is 1. The summed E-state index contributed by atoms with van der Waals surface area (Å²) in [5, 5.41) is 11.1. The zero-order chi connectivity index (χ0) is 18.6. The number of aromatic nitrogens is 6. The van der Waals surface area contributed by atoms with E-state index >= 15 is 0 Å². The molecule has 0 spiro atoms. The molecular formula is C19H23N7O. The Bertz CT molecular complexity index is 885. The van der Waals surface area contributed by atoms with Crippen molar-refractivity contribution in [3.8, 4) is 5.69 Å². The maximum atomic E-state index is 13.1. The van der Waals surface area contributed by atoms with E-state index in [1.807, 2.05) is 48.5 Å². The Kier molecular flexibility index (Phi) is 4.95. The van der Waals surface area contributed by atoms with Crippen LogP contribution < -0.4 is 0 Å². The first kappa shape index (κ1) is 17.4. The second-order valence-corrected chi connectivity index (χ2v) is 6.91. The first-order chi connectivity index (χ1) is 13.2. The van der Waals surface area contributed by atoms with Crippen molar-refractivity contribution in [1.29, 1.82) is 0 Å². The average molecular weight is 365 g/mol. The maximum Gasteiger partial charge on any atom is 0.254 e. The molecule has 8 heteroatoms. The molecule has 3 heterocycles. The number of amides is 1. The van der Waals surface area contributed by atoms with Crippen LogP contribution in [-0.2, 0) is 6.54 Å². The predicted octanol–water partition coefficient (Wildman–Crippen LogP) is 2.25. The van der Waals surface area contributed by atoms with Crippen molar-refractivity contribution in [3.05, 3.63) is 54.4 Å². The molecule has 3 aromatic rings. The highest BCUT2D eigenvalue weighted by atomic mass is 16.2. The Morgan fingerprint density at radius 3 is 2.78 bits per heavy atom. The third kappa shape index (κ3) is 3.74. The standard InChI is InChI=1S/C19H23N7O/c1-15-20-10-13-24(15)12-9-17-4-2-3-11-25(17)19(27)16-5-7-18(8-6-16)26-14-21-22-23-26/h5-8,10,13-14,17H,2-4,9,11-12H2,1H3/t17-/m1/s1. The van der Waals surface area contributed by atoms with Crippen LogP contribution in [0.25, 0.3) is 5.69 Å². The number of likely N-dealkylation sites (tertiary alicyclic amines) is 1. The van der Waals surface area contributed by atoms with E-state index in [-0.39, 0.29) is 11.9 Å². The minimum absolute atomic E-state index is 0.102. The van der Waals surface area contributed by atoms with Gasteiger partial charge in [-0.05, 0) is 67.3 Å². The van der Waals surface area contributed by atoms with Crippen molar-refractivity contribution in [1.82, 2.24) is 34.7 Å². The van der Waals surface area contributed by atoms with Gasteiger partial charge in [0, 0.05) is 37.1 Å². The summed E-state index contributed by atoms with van der Waals surface area (Å²) in [6.07, 6.45) is 9.61. The summed E-state index contributed by atoms with van der Waals surface area (Å²) in [6, 6.07) is 7.72. The molecule has 27 heavy (non-hydrogen) atoms. The fourth-order valence-corrected chi connectivity index (χ4v) is 3.70. The Labute approximate surface area is 157 Å². The fourth-order valence-electron chi connectivity index (χ4n) is 3.70. The largest absolute Gasteiger partial charge is 0.336 e. The normalized spacial score (nSPS) is 17.2. The predicted molar refractivity (Wildman–Crippen MR) is 99.4 cm³/mol. The molecule has 8 nitrogen and oxygen atoms in total. The molecule has 0 saturated carbocycles. The van der Waals surface area contributed by atoms with Gasteiger partial charge in [0.1, 0.15) is 12.2 Å². The van der Waals surface area contributed by atoms with Crippen molar-refractivity contribution in [2.45, 2.75) is 45.2 Å². The quantitative estimate of drug-likeness (QED) is 0.693. The van der Waals surface area contributed by atoms with Crippen LogP contribution in [0.4, 0.5) is 0 Å². The van der Waals surface area contributed by atoms with Gasteiger partial charge in [0.05, 0.1) is 5.69 Å². The molecule has 0 aliphatic carbocycles. The maximum absolute atomic E-state index is 13.1. The molecule has 0 N–H and O–H groups in total. The topological polar surface area (TPSA) is 81.7 Å². The number of tetrazole rings is 1. The second-order valence-electron chi connectivity index (χ2n) is 6.91. The molecular weight excluding hydrogens is 342 g/mol. The average Bonchev–Trinajstić information content (AvgIpc) is 3.38. The summed E-state index contributed by atoms with van der Waals surface area (Å²) in [7, 11) is 0. The number of rotatable bonds is 5. The number of nitrogens with zero attached hydrogens (tertiary/aromatic N) is 7. The lowest BCUT2D eigenvalue weighted by Crippen LogP contribution is -2.44. The van der Waals surface area contributed by atoms with E-state index in [0.717, 1.165) is 43.9 Å². The molecule has 0 bridgehead atoms. The van der Waals surface area contributed by atoms with E-state index in [1.165, 1.54) is 12.7 Å². The Balaban J connectivity index is 1.46. The Morgan fingerprint density at radius 1 is 1.22 bits per heavy atom. The van der Waals surface area contributed by atoms with Crippen molar-refractivity contribution in [3.63, 3.8) is 0 Å². The molecule has 1 fully saturated rings. The van der Waals surface area contributed by atoms with Crippen LogP contribution >= 0.6 is 0 Å². The summed E-state index contributed by atoms with van der Waals surface area (Å²) in [6.45, 7) is 3.72. The number of carbonyl (C=O) groups excluding carboxylic acids is 1. The third-order valence-electron chi connectivity index (χ3n) is 5.24. The SMILES string of the molecule is Cc1nccn1CC[C@H]1CCCCN1C(=O)c1ccc(-n2cnnn2)cc1. The fraction of sp³-hybridized carbons (Fsp3) is 0.421. The molecule has 1 atom stereocenters. The molecule has 0 radical (unpaired) electrons. The Hall–Kier alpha value is -3.03. The van der Waals surface area contributed by atoms with E-state index in [9.17, 15) is 4.79 Å². The summed E-state index contributed by atoms with van der Waals surface area (Å²) in [5.41, 5.74) is 1.54. The van der Waals surface area contributed by atoms with Crippen molar-refractivity contribution >= 4 is 5.91 Å². The van der Waals surface area contributed by atoms with E-state index in [2.05, 4.69) is 25.1 Å². The molecule has 1 aliphatic rings. The molecule has 1 saturated heterocycles. The van der Waals surface area contributed by atoms with Gasteiger partial charge in [-0.2, -0.15) is 0 Å². The molecule has 1 aliphatic heterocycles. The lowest BCUT2D eigenvalue weighted by atomic mass is 9.98. The molecule has 1 amide bonds. The summed E-state index contributed by atoms with van der Waals surface area (Å²) in [5.74, 6) is 1.12. The molecule has 1 aromatic carbocycles. The molecule has 0 unspecified atom stereocenters. The van der Waals surface area contributed by atoms with Crippen LogP contribution in [0.15, 0.2) is 43.0 Å². The Morgan fingerprint density at radius 2 is 2.07 bits per heavy atom. The van der Waals surface area contributed by atoms with E-state index in [1.54, 1.807) is 4.68 Å². The molecule has 2 aromatic heterocycles. The van der Waals surface area contributed by atoms with Crippen LogP contribution in [-0.4, -0.2) is 53.2 Å². The van der Waals surface area contributed by atoms with Crippen LogP contribution in [0.2, 0.25) is 0 Å². The number of aryl methyl sites for hydroxylation is 2. The number of hydrogen-bond acceptors (Lipinski definition) is 5. The highest BCUT2D eigenvalue weighted by molar-refractivity contribution is 5.94. The first-order valence-corrected chi connectivity index (χ1v) is 9.34. The van der Waals surface area contributed by atoms with E-state index in [0.29, 0.717) is 5.56 Å². The number of benzene rings is 1. The van der Waals surface area contributed by atoms with Gasteiger partial charge in [-0.15, -0.1) is 5.10 Å². The highest BCUT2D eigenvalue weighted by Crippen LogP contribution is 2.23. The molecule has 4 rings (SSSR count). The third-order valence-corrected chi connectivity index (χ3v) is 5.24. The molecule has 140 valence electrons. The smallest absolute Gasteiger partial charge is 0.254 e. The number of imidazole rings is 1. The zero-order valence-corrected chi connectivity index (χ0v) is 15.4. The van der Waals surface area contributed by atoms with Gasteiger partial charge < -0.3 is 9.47 Å². The second kappa shape index (κ2) is 7.69. The van der Waals surface area contributed by atoms with Crippen molar-refractivity contribution < 1.29 is 4.79 Å². The van der Waals surface area contributed by atoms with Gasteiger partial charge in [-0.3, -0.25) is 4.79 Å². The van der Waals surface area contributed by atoms with E-state index < -0.39 is 0 Å². The van der Waals surface area contributed by atoms with Crippen LogP contribution in [0.3, 0.4) is 0 Å². The summed E-state index contributed by atoms with van der Waals surface area (Å²) in [4.78, 5) is 19.4. The highest BCUT2D eigenvalue weighted by Gasteiger charge is 2.27. The lowest BCUT2D eigenvalue weighted by Gasteiger charge is -2.36. The summed E-state index contributed by atoms with van der Waals surface area (Å²) < 4.78 is 3.73. The minimum Gasteiger partial charge on any atom is -0.336 e. The van der Waals surface area contributed by atoms with Gasteiger partial charge in [0.15, 0.2) is 0 Å². The van der Waals surface area contributed by atoms with Crippen molar-refractivity contribution in [2.75, 3.05) is 6.54 Å². The van der Waals surface area contributed by atoms with Gasteiger partial charge in [0.25, 0.3) is 5.91 Å². The van der Waals surface area contributed by atoms with E-state index in [4.69, 9.17) is 0 Å². The van der Waals surface area contributed by atoms with Crippen LogP contribution in [0.5, 0.6) is 0 Å². The zero-order valence-electron chi connectivity index (χ0n) is 15.4. The first-order valence-electron chi connectivity index (χ1n) is 9.34. The number of hydrogen-bond donors (Lipinski definition) is 0. The number of carbonyl (C=O) groups is 1. The van der Waals surface area contributed by atoms with Gasteiger partial charge in [-0.1, -0.05) is 0 Å². The van der Waals surface area contributed by atoms with Crippen LogP contribution in [0.1, 0.15) is 41.9 Å². The summed E-state index contributed by atoms with van der Waals surface area (Å²) >= 11 is 0. The van der Waals surface area contributed by atoms with Crippen molar-refractivity contribution in [2.24, 2.45) is 0 Å². The minimum atomic E-state index is 0.102. The van der Waals surface area contributed by atoms with Crippen LogP contribution in [0, 0.1) is 6.92 Å².